The topological polar surface area (TPSA) is 71.0 Å². The predicted molar refractivity (Wildman–Crippen MR) is 99.9 cm³/mol. The first-order valence-corrected chi connectivity index (χ1v) is 8.13. The summed E-state index contributed by atoms with van der Waals surface area (Å²) in [6.07, 6.45) is 2.28. The predicted octanol–water partition coefficient (Wildman–Crippen LogP) is 3.64. The van der Waals surface area contributed by atoms with Crippen LogP contribution >= 0.6 is 11.6 Å². The first-order valence-electron chi connectivity index (χ1n) is 7.76. The monoisotopic (exact) mass is 361 g/mol. The summed E-state index contributed by atoms with van der Waals surface area (Å²) in [5.74, 6) is -0.300. The number of halogens is 1. The quantitative estimate of drug-likeness (QED) is 0.831. The van der Waals surface area contributed by atoms with Crippen LogP contribution in [-0.2, 0) is 9.53 Å². The molecule has 7 heteroatoms. The minimum Gasteiger partial charge on any atom is -0.450 e. The molecular formula is C18H20ClN3O3. The number of nitrogens with zero attached hydrogens (tertiary/aromatic N) is 2. The number of allylic oxidation sites excluding steroid dienone is 3. The standard InChI is InChI=1S/C18H20ClN3O3/c1-5-25-18(24)21-15-10-14(11(2)8-17(15)23)20-12-6-7-16(22(3)4)13(19)9-12/h6-10H,5H2,1-4H3,(H,21,24). The lowest BCUT2D eigenvalue weighted by molar-refractivity contribution is -0.111. The van der Waals surface area contributed by atoms with Gasteiger partial charge in [0.15, 0.2) is 0 Å². The van der Waals surface area contributed by atoms with Gasteiger partial charge in [-0.15, -0.1) is 0 Å². The smallest absolute Gasteiger partial charge is 0.411 e. The Hall–Kier alpha value is -2.60. The third-order valence-electron chi connectivity index (χ3n) is 3.47. The number of rotatable bonds is 4. The van der Waals surface area contributed by atoms with Crippen molar-refractivity contribution in [1.82, 2.24) is 5.32 Å². The Morgan fingerprint density at radius 2 is 2.04 bits per heavy atom. The highest BCUT2D eigenvalue weighted by Gasteiger charge is 2.19. The number of alkyl carbamates (subject to hydrolysis) is 1. The van der Waals surface area contributed by atoms with Crippen LogP contribution in [0.3, 0.4) is 0 Å². The molecule has 0 aliphatic heterocycles. The van der Waals surface area contributed by atoms with Gasteiger partial charge >= 0.3 is 6.09 Å². The maximum atomic E-state index is 12.0. The van der Waals surface area contributed by atoms with Gasteiger partial charge in [-0.3, -0.25) is 10.1 Å². The molecule has 0 saturated heterocycles. The number of carbonyl (C=O) groups is 2. The van der Waals surface area contributed by atoms with Gasteiger partial charge in [-0.25, -0.2) is 9.79 Å². The maximum absolute atomic E-state index is 12.0. The molecule has 1 aliphatic carbocycles. The molecule has 0 unspecified atom stereocenters. The Kier molecular flexibility index (Phi) is 5.98. The second-order valence-electron chi connectivity index (χ2n) is 5.62. The van der Waals surface area contributed by atoms with Crippen molar-refractivity contribution in [3.05, 3.63) is 46.6 Å². The van der Waals surface area contributed by atoms with Crippen LogP contribution in [0.25, 0.3) is 0 Å². The van der Waals surface area contributed by atoms with Gasteiger partial charge in [-0.1, -0.05) is 11.6 Å². The van der Waals surface area contributed by atoms with Gasteiger partial charge in [0.1, 0.15) is 0 Å². The molecule has 0 radical (unpaired) electrons. The molecule has 25 heavy (non-hydrogen) atoms. The van der Waals surface area contributed by atoms with Crippen molar-refractivity contribution < 1.29 is 14.3 Å². The van der Waals surface area contributed by atoms with Crippen molar-refractivity contribution in [3.8, 4) is 0 Å². The van der Waals surface area contributed by atoms with Crippen molar-refractivity contribution in [2.24, 2.45) is 4.99 Å². The van der Waals surface area contributed by atoms with Gasteiger partial charge in [0.25, 0.3) is 0 Å². The maximum Gasteiger partial charge on any atom is 0.411 e. The van der Waals surface area contributed by atoms with Gasteiger partial charge in [-0.2, -0.15) is 0 Å². The van der Waals surface area contributed by atoms with E-state index in [2.05, 4.69) is 10.3 Å². The molecule has 6 nitrogen and oxygen atoms in total. The molecule has 0 heterocycles. The summed E-state index contributed by atoms with van der Waals surface area (Å²) in [6, 6.07) is 5.46. The number of ketones is 1. The van der Waals surface area contributed by atoms with Crippen molar-refractivity contribution >= 4 is 40.6 Å². The van der Waals surface area contributed by atoms with Crippen molar-refractivity contribution in [2.75, 3.05) is 25.6 Å². The lowest BCUT2D eigenvalue weighted by Gasteiger charge is -2.15. The Labute approximate surface area is 151 Å². The third-order valence-corrected chi connectivity index (χ3v) is 3.78. The molecule has 0 aromatic heterocycles. The summed E-state index contributed by atoms with van der Waals surface area (Å²) in [7, 11) is 3.81. The molecule has 1 aromatic carbocycles. The zero-order valence-corrected chi connectivity index (χ0v) is 15.3. The molecular weight excluding hydrogens is 342 g/mol. The molecule has 1 amide bonds. The Balaban J connectivity index is 2.32. The number of ether oxygens (including phenoxy) is 1. The molecule has 1 aliphatic rings. The second-order valence-corrected chi connectivity index (χ2v) is 6.03. The highest BCUT2D eigenvalue weighted by molar-refractivity contribution is 6.33. The van der Waals surface area contributed by atoms with Crippen LogP contribution in [0.5, 0.6) is 0 Å². The molecule has 1 aromatic rings. The van der Waals surface area contributed by atoms with Crippen LogP contribution in [0.4, 0.5) is 16.2 Å². The molecule has 0 saturated carbocycles. The first kappa shape index (κ1) is 18.7. The number of carbonyl (C=O) groups excluding carboxylic acids is 2. The highest BCUT2D eigenvalue weighted by atomic mass is 35.5. The number of hydrogen-bond donors (Lipinski definition) is 1. The number of benzene rings is 1. The number of aliphatic imine (C=N–C) groups is 1. The fourth-order valence-corrected chi connectivity index (χ4v) is 2.58. The second kappa shape index (κ2) is 7.98. The number of nitrogens with one attached hydrogen (secondary N) is 1. The minimum absolute atomic E-state index is 0.124. The Bertz CT molecular complexity index is 795. The summed E-state index contributed by atoms with van der Waals surface area (Å²) in [4.78, 5) is 30.0. The molecule has 0 atom stereocenters. The van der Waals surface area contributed by atoms with E-state index in [4.69, 9.17) is 16.3 Å². The van der Waals surface area contributed by atoms with Gasteiger partial charge in [0.05, 0.1) is 34.4 Å². The number of amides is 1. The highest BCUT2D eigenvalue weighted by Crippen LogP contribution is 2.29. The van der Waals surface area contributed by atoms with E-state index in [0.29, 0.717) is 22.0 Å². The molecule has 0 spiro atoms. The van der Waals surface area contributed by atoms with Gasteiger partial charge in [-0.05, 0) is 49.8 Å². The van der Waals surface area contributed by atoms with Crippen LogP contribution in [0.1, 0.15) is 13.8 Å². The fraction of sp³-hybridized carbons (Fsp3) is 0.278. The summed E-state index contributed by atoms with van der Waals surface area (Å²) in [6.45, 7) is 3.69. The van der Waals surface area contributed by atoms with Crippen LogP contribution in [0.15, 0.2) is 46.6 Å². The van der Waals surface area contributed by atoms with Crippen LogP contribution in [0.2, 0.25) is 5.02 Å². The minimum atomic E-state index is -0.673. The van der Waals surface area contributed by atoms with E-state index in [1.807, 2.05) is 31.1 Å². The number of anilines is 1. The van der Waals surface area contributed by atoms with E-state index in [1.165, 1.54) is 12.2 Å². The fourth-order valence-electron chi connectivity index (χ4n) is 2.23. The summed E-state index contributed by atoms with van der Waals surface area (Å²) >= 11 is 6.27. The largest absolute Gasteiger partial charge is 0.450 e. The zero-order valence-electron chi connectivity index (χ0n) is 14.6. The first-order chi connectivity index (χ1) is 11.8. The average molecular weight is 362 g/mol. The molecule has 2 rings (SSSR count). The SMILES string of the molecule is CCOC(=O)NC1=CC(=Nc2ccc(N(C)C)c(Cl)c2)C(C)=CC1=O. The Morgan fingerprint density at radius 1 is 1.32 bits per heavy atom. The van der Waals surface area contributed by atoms with E-state index < -0.39 is 6.09 Å². The summed E-state index contributed by atoms with van der Waals surface area (Å²) in [5, 5.41) is 3.01. The van der Waals surface area contributed by atoms with Crippen LogP contribution in [0, 0.1) is 0 Å². The molecule has 1 N–H and O–H groups in total. The summed E-state index contributed by atoms with van der Waals surface area (Å²) in [5.41, 5.74) is 2.93. The third kappa shape index (κ3) is 4.70. The van der Waals surface area contributed by atoms with Gasteiger partial charge in [0, 0.05) is 14.1 Å². The van der Waals surface area contributed by atoms with E-state index in [1.54, 1.807) is 19.9 Å². The van der Waals surface area contributed by atoms with E-state index in [9.17, 15) is 9.59 Å². The van der Waals surface area contributed by atoms with Crippen molar-refractivity contribution in [1.29, 1.82) is 0 Å². The summed E-state index contributed by atoms with van der Waals surface area (Å²) < 4.78 is 4.80. The van der Waals surface area contributed by atoms with Crippen LogP contribution in [-0.4, -0.2) is 38.3 Å². The molecule has 0 bridgehead atoms. The van der Waals surface area contributed by atoms with E-state index in [-0.39, 0.29) is 18.1 Å². The van der Waals surface area contributed by atoms with Crippen LogP contribution < -0.4 is 10.2 Å². The molecule has 0 fully saturated rings. The lowest BCUT2D eigenvalue weighted by Crippen LogP contribution is -2.30. The van der Waals surface area contributed by atoms with Crippen molar-refractivity contribution in [2.45, 2.75) is 13.8 Å². The van der Waals surface area contributed by atoms with E-state index >= 15 is 0 Å². The normalized spacial score (nSPS) is 15.6. The van der Waals surface area contributed by atoms with Gasteiger partial charge in [0.2, 0.25) is 5.78 Å². The van der Waals surface area contributed by atoms with E-state index in [0.717, 1.165) is 5.69 Å². The molecule has 132 valence electrons. The zero-order chi connectivity index (χ0) is 18.6. The Morgan fingerprint density at radius 3 is 2.64 bits per heavy atom. The lowest BCUT2D eigenvalue weighted by atomic mass is 10.0. The van der Waals surface area contributed by atoms with Crippen molar-refractivity contribution in [3.63, 3.8) is 0 Å². The van der Waals surface area contributed by atoms with Gasteiger partial charge < -0.3 is 9.64 Å². The number of hydrogen-bond acceptors (Lipinski definition) is 5. The average Bonchev–Trinajstić information content (AvgIpc) is 2.52.